The van der Waals surface area contributed by atoms with Gasteiger partial charge in [-0.2, -0.15) is 10.1 Å². The third-order valence-corrected chi connectivity index (χ3v) is 5.09. The zero-order chi connectivity index (χ0) is 20.5. The first-order chi connectivity index (χ1) is 14.0. The Morgan fingerprint density at radius 1 is 1.34 bits per heavy atom. The molecule has 0 atom stereocenters. The maximum atomic E-state index is 13.0. The average molecular weight is 415 g/mol. The number of aromatic nitrogens is 7. The second-order valence-corrected chi connectivity index (χ2v) is 7.08. The lowest BCUT2D eigenvalue weighted by Crippen LogP contribution is -2.20. The lowest BCUT2D eigenvalue weighted by molar-refractivity contribution is 0.0602. The lowest BCUT2D eigenvalue weighted by Gasteiger charge is -2.05. The number of fused-ring (bicyclic) bond motifs is 3. The molecule has 0 saturated carbocycles. The number of pyridine rings is 1. The Kier molecular flexibility index (Phi) is 5.03. The normalized spacial score (nSPS) is 11.4. The molecule has 0 amide bonds. The molecule has 0 aliphatic heterocycles. The van der Waals surface area contributed by atoms with Crippen molar-refractivity contribution in [1.82, 2.24) is 34.3 Å². The van der Waals surface area contributed by atoms with Crippen LogP contribution in [0.5, 0.6) is 0 Å². The highest BCUT2D eigenvalue weighted by Gasteiger charge is 2.21. The number of nitrogens with one attached hydrogen (secondary N) is 1. The molecule has 4 aromatic rings. The van der Waals surface area contributed by atoms with Crippen LogP contribution >= 0.6 is 11.8 Å². The number of nitrogens with zero attached hydrogens (tertiary/aromatic N) is 6. The highest BCUT2D eigenvalue weighted by atomic mass is 32.2. The number of esters is 1. The topological polar surface area (TPSA) is 129 Å². The van der Waals surface area contributed by atoms with Crippen LogP contribution in [0, 0.1) is 6.92 Å². The molecule has 11 nitrogen and oxygen atoms in total. The van der Waals surface area contributed by atoms with Gasteiger partial charge in [-0.1, -0.05) is 11.8 Å². The number of rotatable bonds is 6. The summed E-state index contributed by atoms with van der Waals surface area (Å²) in [6, 6.07) is 1.71. The van der Waals surface area contributed by atoms with Gasteiger partial charge < -0.3 is 9.47 Å². The number of thioether (sulfide) groups is 1. The lowest BCUT2D eigenvalue weighted by atomic mass is 10.2. The minimum atomic E-state index is -0.530. The largest absolute Gasteiger partial charge is 0.465 e. The van der Waals surface area contributed by atoms with Crippen molar-refractivity contribution in [3.05, 3.63) is 40.1 Å². The van der Waals surface area contributed by atoms with E-state index in [1.54, 1.807) is 26.3 Å². The van der Waals surface area contributed by atoms with Gasteiger partial charge in [0.25, 0.3) is 5.56 Å². The van der Waals surface area contributed by atoms with Gasteiger partial charge in [-0.05, 0) is 13.0 Å². The van der Waals surface area contributed by atoms with Gasteiger partial charge in [0.05, 0.1) is 30.3 Å². The quantitative estimate of drug-likeness (QED) is 0.278. The van der Waals surface area contributed by atoms with Crippen LogP contribution in [0.3, 0.4) is 0 Å². The van der Waals surface area contributed by atoms with E-state index in [0.717, 1.165) is 0 Å². The minimum Gasteiger partial charge on any atom is -0.465 e. The van der Waals surface area contributed by atoms with Gasteiger partial charge in [-0.25, -0.2) is 19.4 Å². The van der Waals surface area contributed by atoms with E-state index in [9.17, 15) is 9.59 Å². The van der Waals surface area contributed by atoms with Crippen molar-refractivity contribution in [1.29, 1.82) is 0 Å². The number of aromatic amines is 1. The average Bonchev–Trinajstić information content (AvgIpc) is 3.31. The van der Waals surface area contributed by atoms with Crippen molar-refractivity contribution < 1.29 is 14.3 Å². The van der Waals surface area contributed by atoms with Crippen molar-refractivity contribution in [2.45, 2.75) is 12.1 Å². The molecule has 29 heavy (non-hydrogen) atoms. The van der Waals surface area contributed by atoms with E-state index in [2.05, 4.69) is 25.3 Å². The predicted molar refractivity (Wildman–Crippen MR) is 105 cm³/mol. The first kappa shape index (κ1) is 19.1. The van der Waals surface area contributed by atoms with Crippen LogP contribution in [0.2, 0.25) is 0 Å². The fourth-order valence-corrected chi connectivity index (χ4v) is 3.60. The van der Waals surface area contributed by atoms with Crippen LogP contribution in [0.1, 0.15) is 16.1 Å². The van der Waals surface area contributed by atoms with Crippen LogP contribution in [0.25, 0.3) is 22.5 Å². The summed E-state index contributed by atoms with van der Waals surface area (Å²) in [5.41, 5.74) is 1.24. The molecular weight excluding hydrogens is 398 g/mol. The number of hydrogen-bond acceptors (Lipinski definition) is 9. The van der Waals surface area contributed by atoms with Crippen LogP contribution in [0.4, 0.5) is 0 Å². The Balaban J connectivity index is 1.80. The zero-order valence-electron chi connectivity index (χ0n) is 15.9. The minimum absolute atomic E-state index is 0.270. The third-order valence-electron chi connectivity index (χ3n) is 4.28. The smallest absolute Gasteiger partial charge is 0.343 e. The number of carbonyl (C=O) groups is 1. The molecule has 12 heteroatoms. The molecule has 0 saturated heterocycles. The number of aryl methyl sites for hydroxylation is 1. The Hall–Kier alpha value is -3.25. The van der Waals surface area contributed by atoms with Crippen molar-refractivity contribution in [3.63, 3.8) is 0 Å². The molecule has 4 aromatic heterocycles. The van der Waals surface area contributed by atoms with Gasteiger partial charge >= 0.3 is 5.97 Å². The van der Waals surface area contributed by atoms with Crippen LogP contribution in [-0.2, 0) is 9.47 Å². The molecule has 150 valence electrons. The summed E-state index contributed by atoms with van der Waals surface area (Å²) < 4.78 is 12.6. The van der Waals surface area contributed by atoms with Crippen LogP contribution < -0.4 is 5.56 Å². The molecule has 0 bridgehead atoms. The van der Waals surface area contributed by atoms with Crippen molar-refractivity contribution in [2.75, 3.05) is 26.6 Å². The Labute approximate surface area is 168 Å². The first-order valence-corrected chi connectivity index (χ1v) is 9.56. The van der Waals surface area contributed by atoms with E-state index in [-0.39, 0.29) is 11.1 Å². The van der Waals surface area contributed by atoms with Gasteiger partial charge in [0.15, 0.2) is 5.65 Å². The third kappa shape index (κ3) is 3.25. The van der Waals surface area contributed by atoms with Crippen molar-refractivity contribution in [3.8, 4) is 5.95 Å². The van der Waals surface area contributed by atoms with E-state index in [1.165, 1.54) is 34.2 Å². The summed E-state index contributed by atoms with van der Waals surface area (Å²) in [5.74, 6) is 0.463. The Morgan fingerprint density at radius 3 is 2.93 bits per heavy atom. The fourth-order valence-electron chi connectivity index (χ4n) is 2.91. The van der Waals surface area contributed by atoms with Gasteiger partial charge in [0, 0.05) is 25.3 Å². The van der Waals surface area contributed by atoms with Crippen LogP contribution in [-0.4, -0.2) is 66.9 Å². The van der Waals surface area contributed by atoms with Crippen molar-refractivity contribution in [2.24, 2.45) is 0 Å². The Bertz CT molecular complexity index is 1280. The van der Waals surface area contributed by atoms with Crippen LogP contribution in [0.15, 0.2) is 28.4 Å². The van der Waals surface area contributed by atoms with Gasteiger partial charge in [-0.3, -0.25) is 9.36 Å². The summed E-state index contributed by atoms with van der Waals surface area (Å²) in [7, 11) is 2.92. The van der Waals surface area contributed by atoms with Gasteiger partial charge in [0.1, 0.15) is 5.56 Å². The van der Waals surface area contributed by atoms with E-state index in [0.29, 0.717) is 45.7 Å². The number of carbonyl (C=O) groups excluding carboxylic acids is 1. The molecule has 0 fully saturated rings. The molecule has 0 aliphatic carbocycles. The summed E-state index contributed by atoms with van der Waals surface area (Å²) in [4.78, 5) is 33.6. The number of methoxy groups -OCH3 is 2. The molecule has 0 unspecified atom stereocenters. The zero-order valence-corrected chi connectivity index (χ0v) is 16.7. The molecule has 0 aromatic carbocycles. The summed E-state index contributed by atoms with van der Waals surface area (Å²) in [6.07, 6.45) is 2.99. The highest BCUT2D eigenvalue weighted by molar-refractivity contribution is 7.99. The van der Waals surface area contributed by atoms with Gasteiger partial charge in [0.2, 0.25) is 11.1 Å². The Morgan fingerprint density at radius 2 is 2.17 bits per heavy atom. The maximum Gasteiger partial charge on any atom is 0.343 e. The molecular formula is C17H17N7O4S. The summed E-state index contributed by atoms with van der Waals surface area (Å²) >= 11 is 1.42. The SMILES string of the molecule is COCCSc1n[nH]c(-n2ccc3c(cnc4c(C(=O)OC)c(C)nn43)c2=O)n1. The molecule has 0 radical (unpaired) electrons. The van der Waals surface area contributed by atoms with Gasteiger partial charge in [-0.15, -0.1) is 5.10 Å². The molecule has 0 spiro atoms. The van der Waals surface area contributed by atoms with E-state index >= 15 is 0 Å². The number of H-pyrrole nitrogens is 1. The standard InChI is InChI=1S/C17H17N7O4S/c1-9-12(15(26)28-3)13-18-8-10-11(24(13)22-9)4-5-23(14(10)25)16-19-17(21-20-16)29-7-6-27-2/h4-5,8H,6-7H2,1-3H3,(H,19,20,21). The number of ether oxygens (including phenoxy) is 2. The fraction of sp³-hybridized carbons (Fsp3) is 0.294. The molecule has 4 heterocycles. The molecule has 4 rings (SSSR count). The first-order valence-electron chi connectivity index (χ1n) is 8.57. The highest BCUT2D eigenvalue weighted by Crippen LogP contribution is 2.19. The summed E-state index contributed by atoms with van der Waals surface area (Å²) in [5, 5.41) is 12.1. The van der Waals surface area contributed by atoms with E-state index in [4.69, 9.17) is 9.47 Å². The van der Waals surface area contributed by atoms with Crippen molar-refractivity contribution >= 4 is 34.3 Å². The second-order valence-electron chi connectivity index (χ2n) is 6.02. The van der Waals surface area contributed by atoms with E-state index in [1.807, 2.05) is 0 Å². The molecule has 1 N–H and O–H groups in total. The monoisotopic (exact) mass is 415 g/mol. The molecule has 0 aliphatic rings. The number of hydrogen-bond donors (Lipinski definition) is 1. The second kappa shape index (κ2) is 7.64. The predicted octanol–water partition coefficient (Wildman–Crippen LogP) is 0.985. The maximum absolute atomic E-state index is 13.0. The van der Waals surface area contributed by atoms with E-state index < -0.39 is 5.97 Å². The summed E-state index contributed by atoms with van der Waals surface area (Å²) in [6.45, 7) is 2.26.